The molecule has 0 radical (unpaired) electrons. The molecule has 2 N–H and O–H groups in total. The molecule has 3 aromatic rings. The maximum Gasteiger partial charge on any atom is 0.259 e. The van der Waals surface area contributed by atoms with Crippen LogP contribution in [-0.4, -0.2) is 45.1 Å². The van der Waals surface area contributed by atoms with Gasteiger partial charge in [0, 0.05) is 11.3 Å². The fourth-order valence-electron chi connectivity index (χ4n) is 3.98. The minimum absolute atomic E-state index is 0.206. The number of hydrogen-bond acceptors (Lipinski definition) is 6. The number of benzene rings is 3. The minimum Gasteiger partial charge on any atom is -0.493 e. The van der Waals surface area contributed by atoms with Gasteiger partial charge in [-0.3, -0.25) is 19.3 Å². The molecule has 0 bridgehead atoms. The number of carbonyl (C=O) groups excluding carboxylic acids is 3. The molecular formula is C26H25N3O6. The van der Waals surface area contributed by atoms with Crippen molar-refractivity contribution in [1.82, 2.24) is 0 Å². The summed E-state index contributed by atoms with van der Waals surface area (Å²) in [7, 11) is 4.37. The Morgan fingerprint density at radius 2 is 1.54 bits per heavy atom. The van der Waals surface area contributed by atoms with Gasteiger partial charge in [-0.15, -0.1) is 0 Å². The number of fused-ring (bicyclic) bond motifs is 1. The van der Waals surface area contributed by atoms with Gasteiger partial charge in [-0.1, -0.05) is 30.3 Å². The van der Waals surface area contributed by atoms with Crippen molar-refractivity contribution < 1.29 is 28.6 Å². The summed E-state index contributed by atoms with van der Waals surface area (Å²) in [6.45, 7) is 0. The van der Waals surface area contributed by atoms with E-state index in [9.17, 15) is 14.4 Å². The smallest absolute Gasteiger partial charge is 0.259 e. The second kappa shape index (κ2) is 10.2. The highest BCUT2D eigenvalue weighted by Crippen LogP contribution is 2.40. The fraction of sp³-hybridized carbons (Fsp3) is 0.192. The van der Waals surface area contributed by atoms with E-state index >= 15 is 0 Å². The van der Waals surface area contributed by atoms with Crippen LogP contribution >= 0.6 is 0 Å². The van der Waals surface area contributed by atoms with Crippen LogP contribution in [0.3, 0.4) is 0 Å². The largest absolute Gasteiger partial charge is 0.493 e. The van der Waals surface area contributed by atoms with Crippen molar-refractivity contribution in [1.29, 1.82) is 0 Å². The highest BCUT2D eigenvalue weighted by atomic mass is 16.5. The number of para-hydroxylation sites is 3. The summed E-state index contributed by atoms with van der Waals surface area (Å²) in [5.74, 6) is -0.441. The number of nitrogens with one attached hydrogen (secondary N) is 2. The number of ether oxygens (including phenoxy) is 3. The lowest BCUT2D eigenvalue weighted by atomic mass is 10.0. The average Bonchev–Trinajstić information content (AvgIpc) is 2.88. The quantitative estimate of drug-likeness (QED) is 0.540. The third kappa shape index (κ3) is 4.74. The standard InChI is InChI=1S/C26H25N3O6/c1-33-21-13-16(14-22(34-2)24(21)35-3)26(32)29-19-12-8-7-11-18(19)28-25(31)20(29)15-23(30)27-17-9-5-4-6-10-17/h4-14,20H,15H2,1-3H3,(H,27,30)(H,28,31). The van der Waals surface area contributed by atoms with Crippen molar-refractivity contribution in [2.75, 3.05) is 36.9 Å². The van der Waals surface area contributed by atoms with Gasteiger partial charge in [0.25, 0.3) is 5.91 Å². The Balaban J connectivity index is 1.73. The van der Waals surface area contributed by atoms with Gasteiger partial charge in [0.2, 0.25) is 17.6 Å². The first-order valence-electron chi connectivity index (χ1n) is 10.8. The number of anilines is 3. The van der Waals surface area contributed by atoms with Crippen LogP contribution in [-0.2, 0) is 9.59 Å². The van der Waals surface area contributed by atoms with Crippen LogP contribution in [0.25, 0.3) is 0 Å². The number of rotatable bonds is 7. The van der Waals surface area contributed by atoms with E-state index in [-0.39, 0.29) is 12.0 Å². The zero-order valence-corrected chi connectivity index (χ0v) is 19.5. The molecule has 4 rings (SSSR count). The Bertz CT molecular complexity index is 1240. The molecule has 35 heavy (non-hydrogen) atoms. The van der Waals surface area contributed by atoms with Gasteiger partial charge in [0.1, 0.15) is 6.04 Å². The Hall–Kier alpha value is -4.53. The van der Waals surface area contributed by atoms with Gasteiger partial charge in [-0.25, -0.2) is 0 Å². The Morgan fingerprint density at radius 1 is 0.914 bits per heavy atom. The molecule has 0 spiro atoms. The Kier molecular flexibility index (Phi) is 6.86. The van der Waals surface area contributed by atoms with Gasteiger partial charge in [0.15, 0.2) is 11.5 Å². The van der Waals surface area contributed by atoms with Gasteiger partial charge < -0.3 is 24.8 Å². The molecule has 1 atom stereocenters. The first-order chi connectivity index (χ1) is 17.0. The monoisotopic (exact) mass is 475 g/mol. The fourth-order valence-corrected chi connectivity index (χ4v) is 3.98. The van der Waals surface area contributed by atoms with Crippen LogP contribution in [0.4, 0.5) is 17.1 Å². The van der Waals surface area contributed by atoms with Crippen LogP contribution in [0.2, 0.25) is 0 Å². The van der Waals surface area contributed by atoms with Crippen LogP contribution in [0.1, 0.15) is 16.8 Å². The molecule has 3 amide bonds. The highest BCUT2D eigenvalue weighted by Gasteiger charge is 2.39. The lowest BCUT2D eigenvalue weighted by Crippen LogP contribution is -2.52. The zero-order chi connectivity index (χ0) is 24.9. The molecule has 1 unspecified atom stereocenters. The molecule has 1 heterocycles. The third-order valence-electron chi connectivity index (χ3n) is 5.60. The van der Waals surface area contributed by atoms with Crippen molar-refractivity contribution in [2.45, 2.75) is 12.5 Å². The van der Waals surface area contributed by atoms with Gasteiger partial charge in [0.05, 0.1) is 39.1 Å². The van der Waals surface area contributed by atoms with Crippen LogP contribution < -0.4 is 29.7 Å². The number of carbonyl (C=O) groups is 3. The molecule has 0 saturated heterocycles. The molecule has 9 heteroatoms. The summed E-state index contributed by atoms with van der Waals surface area (Å²) in [6.07, 6.45) is -0.245. The van der Waals surface area contributed by atoms with E-state index < -0.39 is 23.8 Å². The number of amides is 3. The molecule has 180 valence electrons. The van der Waals surface area contributed by atoms with Crippen molar-refractivity contribution in [3.8, 4) is 17.2 Å². The normalized spacial score (nSPS) is 14.4. The highest BCUT2D eigenvalue weighted by molar-refractivity contribution is 6.18. The van der Waals surface area contributed by atoms with Gasteiger partial charge >= 0.3 is 0 Å². The maximum absolute atomic E-state index is 13.9. The van der Waals surface area contributed by atoms with Gasteiger partial charge in [-0.05, 0) is 36.4 Å². The van der Waals surface area contributed by atoms with Crippen molar-refractivity contribution in [3.05, 3.63) is 72.3 Å². The van der Waals surface area contributed by atoms with Crippen molar-refractivity contribution in [2.24, 2.45) is 0 Å². The second-order valence-corrected chi connectivity index (χ2v) is 7.73. The van der Waals surface area contributed by atoms with E-state index in [1.807, 2.05) is 6.07 Å². The topological polar surface area (TPSA) is 106 Å². The molecule has 0 aliphatic carbocycles. The molecule has 3 aromatic carbocycles. The van der Waals surface area contributed by atoms with E-state index in [0.717, 1.165) is 0 Å². The van der Waals surface area contributed by atoms with Crippen LogP contribution in [0, 0.1) is 0 Å². The van der Waals surface area contributed by atoms with Crippen LogP contribution in [0.15, 0.2) is 66.7 Å². The maximum atomic E-state index is 13.9. The summed E-state index contributed by atoms with van der Waals surface area (Å²) in [5, 5.41) is 5.57. The van der Waals surface area contributed by atoms with E-state index in [1.54, 1.807) is 48.5 Å². The summed E-state index contributed by atoms with van der Waals surface area (Å²) in [5.41, 5.74) is 1.75. The Morgan fingerprint density at radius 3 is 2.17 bits per heavy atom. The summed E-state index contributed by atoms with van der Waals surface area (Å²) in [6, 6.07) is 17.8. The number of nitrogens with zero attached hydrogens (tertiary/aromatic N) is 1. The van der Waals surface area contributed by atoms with Crippen molar-refractivity contribution in [3.63, 3.8) is 0 Å². The molecular weight excluding hydrogens is 450 g/mol. The van der Waals surface area contributed by atoms with E-state index in [1.165, 1.54) is 38.4 Å². The average molecular weight is 476 g/mol. The second-order valence-electron chi connectivity index (χ2n) is 7.73. The van der Waals surface area contributed by atoms with E-state index in [2.05, 4.69) is 10.6 Å². The van der Waals surface area contributed by atoms with Gasteiger partial charge in [-0.2, -0.15) is 0 Å². The lowest BCUT2D eigenvalue weighted by molar-refractivity contribution is -0.122. The summed E-state index contributed by atoms with van der Waals surface area (Å²) < 4.78 is 16.1. The first kappa shape index (κ1) is 23.6. The predicted molar refractivity (Wildman–Crippen MR) is 131 cm³/mol. The van der Waals surface area contributed by atoms with Crippen LogP contribution in [0.5, 0.6) is 17.2 Å². The molecule has 0 aromatic heterocycles. The zero-order valence-electron chi connectivity index (χ0n) is 19.5. The lowest BCUT2D eigenvalue weighted by Gasteiger charge is -2.36. The molecule has 1 aliphatic heterocycles. The minimum atomic E-state index is -1.08. The molecule has 0 saturated carbocycles. The van der Waals surface area contributed by atoms with E-state index in [0.29, 0.717) is 34.3 Å². The summed E-state index contributed by atoms with van der Waals surface area (Å²) in [4.78, 5) is 41.1. The molecule has 9 nitrogen and oxygen atoms in total. The predicted octanol–water partition coefficient (Wildman–Crippen LogP) is 3.71. The van der Waals surface area contributed by atoms with Crippen molar-refractivity contribution >= 4 is 34.8 Å². The SMILES string of the molecule is COc1cc(C(=O)N2c3ccccc3NC(=O)C2CC(=O)Nc2ccccc2)cc(OC)c1OC. The van der Waals surface area contributed by atoms with E-state index in [4.69, 9.17) is 14.2 Å². The summed E-state index contributed by atoms with van der Waals surface area (Å²) >= 11 is 0. The molecule has 0 fully saturated rings. The molecule has 1 aliphatic rings. The first-order valence-corrected chi connectivity index (χ1v) is 10.8. The number of hydrogen-bond donors (Lipinski definition) is 2. The Labute approximate surface area is 202 Å². The number of methoxy groups -OCH3 is 3. The third-order valence-corrected chi connectivity index (χ3v) is 5.60.